The van der Waals surface area contributed by atoms with Crippen molar-refractivity contribution in [2.24, 2.45) is 5.92 Å². The van der Waals surface area contributed by atoms with Gasteiger partial charge >= 0.3 is 0 Å². The van der Waals surface area contributed by atoms with Crippen molar-refractivity contribution in [2.45, 2.75) is 57.4 Å². The third kappa shape index (κ3) is 2.38. The summed E-state index contributed by atoms with van der Waals surface area (Å²) in [5.41, 5.74) is -0.0693. The topological polar surface area (TPSA) is 66.4 Å². The molecule has 1 aliphatic rings. The van der Waals surface area contributed by atoms with Crippen molar-refractivity contribution in [1.82, 2.24) is 5.32 Å². The molecule has 1 unspecified atom stereocenters. The normalized spacial score (nSPS) is 26.3. The Kier molecular flexibility index (Phi) is 4.08. The van der Waals surface area contributed by atoms with Gasteiger partial charge in [0.25, 0.3) is 0 Å². The highest BCUT2D eigenvalue weighted by molar-refractivity contribution is 6.81. The Morgan fingerprint density at radius 3 is 2.22 bits per heavy atom. The predicted molar refractivity (Wildman–Crippen MR) is 74.1 cm³/mol. The quantitative estimate of drug-likeness (QED) is 0.602. The molecule has 0 spiro atoms. The van der Waals surface area contributed by atoms with Gasteiger partial charge in [0.2, 0.25) is 5.91 Å². The van der Waals surface area contributed by atoms with Gasteiger partial charge in [0, 0.05) is 6.61 Å². The van der Waals surface area contributed by atoms with E-state index in [1.165, 1.54) is 6.92 Å². The van der Waals surface area contributed by atoms with Crippen molar-refractivity contribution in [2.75, 3.05) is 6.61 Å². The number of rotatable bonds is 4. The average Bonchev–Trinajstić information content (AvgIpc) is 2.19. The Balaban J connectivity index is 3.03. The van der Waals surface area contributed by atoms with E-state index in [0.717, 1.165) is 0 Å². The number of hydrogen-bond donors (Lipinski definition) is 2. The lowest BCUT2D eigenvalue weighted by molar-refractivity contribution is -0.142. The molecule has 3 atom stereocenters. The molecule has 0 aromatic carbocycles. The molecule has 4 nitrogen and oxygen atoms in total. The van der Waals surface area contributed by atoms with Gasteiger partial charge in [0.1, 0.15) is 0 Å². The van der Waals surface area contributed by atoms with Gasteiger partial charge in [-0.2, -0.15) is 0 Å². The molecule has 18 heavy (non-hydrogen) atoms. The maximum absolute atomic E-state index is 11.8. The Morgan fingerprint density at radius 2 is 1.94 bits per heavy atom. The summed E-state index contributed by atoms with van der Waals surface area (Å²) in [4.78, 5) is 23.3. The molecule has 1 heterocycles. The summed E-state index contributed by atoms with van der Waals surface area (Å²) in [5, 5.41) is 12.5. The molecule has 1 fully saturated rings. The number of amides is 1. The highest BCUT2D eigenvalue weighted by Crippen LogP contribution is 2.48. The van der Waals surface area contributed by atoms with Crippen LogP contribution in [-0.2, 0) is 9.59 Å². The summed E-state index contributed by atoms with van der Waals surface area (Å²) in [5.74, 6) is -0.441. The SMILES string of the molecule is CC(=O)[C@@H]1NC(=O)[C@@H]1C(CO)[Si](C)(C)C(C)(C)C. The van der Waals surface area contributed by atoms with Crippen LogP contribution < -0.4 is 5.32 Å². The van der Waals surface area contributed by atoms with E-state index in [1.54, 1.807) is 0 Å². The maximum Gasteiger partial charge on any atom is 0.226 e. The number of nitrogens with one attached hydrogen (secondary N) is 1. The molecule has 104 valence electrons. The molecule has 2 N–H and O–H groups in total. The number of ketones is 1. The van der Waals surface area contributed by atoms with E-state index in [1.807, 2.05) is 0 Å². The lowest BCUT2D eigenvalue weighted by atomic mass is 9.85. The lowest BCUT2D eigenvalue weighted by Crippen LogP contribution is -2.66. The Labute approximate surface area is 110 Å². The number of aliphatic hydroxyl groups is 1. The monoisotopic (exact) mass is 271 g/mol. The summed E-state index contributed by atoms with van der Waals surface area (Å²) in [6, 6.07) is -0.399. The number of carbonyl (C=O) groups excluding carboxylic acids is 2. The summed E-state index contributed by atoms with van der Waals surface area (Å²) in [7, 11) is -1.86. The van der Waals surface area contributed by atoms with Crippen LogP contribution in [0, 0.1) is 5.92 Å². The first-order valence-electron chi connectivity index (χ1n) is 6.45. The number of carbonyl (C=O) groups is 2. The Bertz CT molecular complexity index is 360. The zero-order valence-electron chi connectivity index (χ0n) is 12.2. The molecule has 0 bridgehead atoms. The van der Waals surface area contributed by atoms with E-state index in [2.05, 4.69) is 39.2 Å². The number of hydrogen-bond acceptors (Lipinski definition) is 3. The van der Waals surface area contributed by atoms with Crippen molar-refractivity contribution < 1.29 is 14.7 Å². The molecule has 0 radical (unpaired) electrons. The van der Waals surface area contributed by atoms with Gasteiger partial charge in [0.15, 0.2) is 5.78 Å². The van der Waals surface area contributed by atoms with Gasteiger partial charge in [-0.1, -0.05) is 33.9 Å². The van der Waals surface area contributed by atoms with Crippen molar-refractivity contribution in [3.8, 4) is 0 Å². The van der Waals surface area contributed by atoms with E-state index in [0.29, 0.717) is 0 Å². The van der Waals surface area contributed by atoms with Crippen molar-refractivity contribution in [3.63, 3.8) is 0 Å². The van der Waals surface area contributed by atoms with Crippen LogP contribution in [0.2, 0.25) is 23.7 Å². The zero-order chi connectivity index (χ0) is 14.3. The van der Waals surface area contributed by atoms with Crippen LogP contribution in [0.3, 0.4) is 0 Å². The molecule has 0 aromatic heterocycles. The largest absolute Gasteiger partial charge is 0.396 e. The number of Topliss-reactive ketones (excluding diaryl/α,β-unsaturated/α-hetero) is 1. The van der Waals surface area contributed by atoms with Gasteiger partial charge in [0.05, 0.1) is 20.0 Å². The molecule has 1 aliphatic heterocycles. The second-order valence-corrected chi connectivity index (χ2v) is 12.6. The maximum atomic E-state index is 11.8. The molecular weight excluding hydrogens is 246 g/mol. The standard InChI is InChI=1S/C13H25NO3Si/c1-8(16)11-10(12(17)14-11)9(7-15)18(5,6)13(2,3)4/h9-11,15H,7H2,1-6H3,(H,14,17)/t9?,10-,11+/m1/s1. The van der Waals surface area contributed by atoms with Crippen LogP contribution in [0.25, 0.3) is 0 Å². The minimum atomic E-state index is -1.86. The Morgan fingerprint density at radius 1 is 1.44 bits per heavy atom. The summed E-state index contributed by atoms with van der Waals surface area (Å²) < 4.78 is 0. The van der Waals surface area contributed by atoms with Crippen LogP contribution in [-0.4, -0.2) is 37.5 Å². The fourth-order valence-corrected chi connectivity index (χ4v) is 5.32. The molecule has 1 rings (SSSR count). The van der Waals surface area contributed by atoms with Crippen molar-refractivity contribution in [3.05, 3.63) is 0 Å². The van der Waals surface area contributed by atoms with Gasteiger partial charge in [-0.15, -0.1) is 0 Å². The minimum absolute atomic E-state index is 0.0155. The van der Waals surface area contributed by atoms with E-state index in [4.69, 9.17) is 0 Å². The summed E-state index contributed by atoms with van der Waals surface area (Å²) in [6.07, 6.45) is 0. The average molecular weight is 271 g/mol. The fraction of sp³-hybridized carbons (Fsp3) is 0.846. The van der Waals surface area contributed by atoms with E-state index in [9.17, 15) is 14.7 Å². The molecule has 5 heteroatoms. The molecule has 0 aromatic rings. The number of β-lactam (4-membered cyclic amide) rings is 1. The van der Waals surface area contributed by atoms with Crippen LogP contribution in [0.5, 0.6) is 0 Å². The first-order valence-corrected chi connectivity index (χ1v) is 9.53. The summed E-state index contributed by atoms with van der Waals surface area (Å²) >= 11 is 0. The van der Waals surface area contributed by atoms with Gasteiger partial charge in [-0.3, -0.25) is 9.59 Å². The first kappa shape index (κ1) is 15.4. The lowest BCUT2D eigenvalue weighted by Gasteiger charge is -2.50. The molecule has 0 aliphatic carbocycles. The Hall–Kier alpha value is -0.683. The first-order chi connectivity index (χ1) is 8.04. The van der Waals surface area contributed by atoms with Crippen LogP contribution >= 0.6 is 0 Å². The third-order valence-electron chi connectivity index (χ3n) is 4.89. The molecular formula is C13H25NO3Si. The highest BCUT2D eigenvalue weighted by Gasteiger charge is 2.54. The van der Waals surface area contributed by atoms with Gasteiger partial charge in [-0.05, 0) is 17.5 Å². The van der Waals surface area contributed by atoms with E-state index in [-0.39, 0.29) is 34.8 Å². The third-order valence-corrected chi connectivity index (χ3v) is 11.1. The second-order valence-electron chi connectivity index (χ2n) is 6.88. The zero-order valence-corrected chi connectivity index (χ0v) is 13.2. The van der Waals surface area contributed by atoms with Crippen molar-refractivity contribution in [1.29, 1.82) is 0 Å². The minimum Gasteiger partial charge on any atom is -0.396 e. The highest BCUT2D eigenvalue weighted by atomic mass is 28.3. The second kappa shape index (κ2) is 4.77. The predicted octanol–water partition coefficient (Wildman–Crippen LogP) is 1.56. The molecule has 1 amide bonds. The van der Waals surface area contributed by atoms with Crippen LogP contribution in [0.1, 0.15) is 27.7 Å². The van der Waals surface area contributed by atoms with Crippen LogP contribution in [0.4, 0.5) is 0 Å². The van der Waals surface area contributed by atoms with Gasteiger partial charge < -0.3 is 10.4 Å². The fourth-order valence-electron chi connectivity index (χ4n) is 2.51. The van der Waals surface area contributed by atoms with Crippen LogP contribution in [0.15, 0.2) is 0 Å². The summed E-state index contributed by atoms with van der Waals surface area (Å²) in [6.45, 7) is 12.3. The van der Waals surface area contributed by atoms with E-state index >= 15 is 0 Å². The van der Waals surface area contributed by atoms with Crippen molar-refractivity contribution >= 4 is 19.8 Å². The van der Waals surface area contributed by atoms with Gasteiger partial charge in [-0.25, -0.2) is 0 Å². The molecule has 1 saturated heterocycles. The number of aliphatic hydroxyl groups excluding tert-OH is 1. The smallest absolute Gasteiger partial charge is 0.226 e. The molecule has 0 saturated carbocycles. The van der Waals surface area contributed by atoms with E-state index < -0.39 is 14.1 Å².